The molecule has 0 N–H and O–H groups in total. The van der Waals surface area contributed by atoms with Gasteiger partial charge in [0.25, 0.3) is 0 Å². The maximum atomic E-state index is 12.8. The van der Waals surface area contributed by atoms with Gasteiger partial charge in [-0.2, -0.15) is 0 Å². The molecule has 0 saturated heterocycles. The summed E-state index contributed by atoms with van der Waals surface area (Å²) in [5.74, 6) is -1.08. The first-order valence-electron chi connectivity index (χ1n) is 29.5. The molecule has 0 radical (unpaired) electrons. The zero-order valence-electron chi connectivity index (χ0n) is 47.3. The average Bonchev–Trinajstić information content (AvgIpc) is 3.40. The maximum absolute atomic E-state index is 12.8. The van der Waals surface area contributed by atoms with Gasteiger partial charge in [0.2, 0.25) is 0 Å². The molecule has 0 rings (SSSR count). The van der Waals surface area contributed by atoms with Crippen LogP contribution in [0, 0.1) is 0 Å². The van der Waals surface area contributed by atoms with Gasteiger partial charge in [0.1, 0.15) is 13.2 Å². The van der Waals surface area contributed by atoms with Gasteiger partial charge in [-0.25, -0.2) is 0 Å². The third-order valence-corrected chi connectivity index (χ3v) is 11.8. The fourth-order valence-corrected chi connectivity index (χ4v) is 7.46. The first kappa shape index (κ1) is 69.0. The van der Waals surface area contributed by atoms with Crippen molar-refractivity contribution in [3.8, 4) is 0 Å². The number of carbonyl (C=O) groups is 3. The minimum atomic E-state index is -0.836. The molecule has 1 atom stereocenters. The van der Waals surface area contributed by atoms with Crippen LogP contribution < -0.4 is 0 Å². The molecule has 414 valence electrons. The smallest absolute Gasteiger partial charge is 0.306 e. The van der Waals surface area contributed by atoms with E-state index >= 15 is 0 Å². The van der Waals surface area contributed by atoms with Gasteiger partial charge >= 0.3 is 17.9 Å². The number of ether oxygens (including phenoxy) is 3. The van der Waals surface area contributed by atoms with Crippen LogP contribution in [0.3, 0.4) is 0 Å². The molecule has 0 aromatic rings. The van der Waals surface area contributed by atoms with Crippen LogP contribution in [0.1, 0.15) is 233 Å². The van der Waals surface area contributed by atoms with Gasteiger partial charge in [-0.3, -0.25) is 14.4 Å². The molecule has 0 aliphatic carbocycles. The van der Waals surface area contributed by atoms with Crippen LogP contribution in [-0.2, 0) is 28.6 Å². The third kappa shape index (κ3) is 57.9. The zero-order valence-corrected chi connectivity index (χ0v) is 47.3. The largest absolute Gasteiger partial charge is 0.462 e. The summed E-state index contributed by atoms with van der Waals surface area (Å²) in [6.07, 6.45) is 88.3. The van der Waals surface area contributed by atoms with Crippen molar-refractivity contribution in [3.63, 3.8) is 0 Å². The third-order valence-electron chi connectivity index (χ3n) is 11.8. The fourth-order valence-electron chi connectivity index (χ4n) is 7.46. The Labute approximate surface area is 454 Å². The Hall–Kier alpha value is -4.97. The number of hydrogen-bond donors (Lipinski definition) is 0. The van der Waals surface area contributed by atoms with E-state index in [1.807, 2.05) is 12.2 Å². The predicted octanol–water partition coefficient (Wildman–Crippen LogP) is 20.1. The lowest BCUT2D eigenvalue weighted by molar-refractivity contribution is -0.166. The number of allylic oxidation sites excluding steroid dienone is 26. The highest BCUT2D eigenvalue weighted by atomic mass is 16.6. The second-order valence-electron chi connectivity index (χ2n) is 18.8. The Morgan fingerprint density at radius 1 is 0.284 bits per heavy atom. The first-order valence-corrected chi connectivity index (χ1v) is 29.5. The summed E-state index contributed by atoms with van der Waals surface area (Å²) in [7, 11) is 0. The summed E-state index contributed by atoms with van der Waals surface area (Å²) >= 11 is 0. The van der Waals surface area contributed by atoms with Crippen molar-refractivity contribution in [2.24, 2.45) is 0 Å². The van der Waals surface area contributed by atoms with Crippen molar-refractivity contribution in [1.82, 2.24) is 0 Å². The Kier molecular flexibility index (Phi) is 56.5. The summed E-state index contributed by atoms with van der Waals surface area (Å²) in [6.45, 7) is 6.28. The van der Waals surface area contributed by atoms with Crippen LogP contribution in [0.5, 0.6) is 0 Å². The summed E-state index contributed by atoms with van der Waals surface area (Å²) in [6, 6.07) is 0. The molecule has 0 saturated carbocycles. The van der Waals surface area contributed by atoms with Crippen LogP contribution in [-0.4, -0.2) is 37.2 Å². The highest BCUT2D eigenvalue weighted by Crippen LogP contribution is 2.14. The van der Waals surface area contributed by atoms with Crippen molar-refractivity contribution < 1.29 is 28.6 Å². The van der Waals surface area contributed by atoms with E-state index < -0.39 is 6.10 Å². The van der Waals surface area contributed by atoms with Crippen molar-refractivity contribution in [2.45, 2.75) is 239 Å². The highest BCUT2D eigenvalue weighted by Gasteiger charge is 2.19. The molecule has 0 spiro atoms. The molecule has 6 heteroatoms. The molecule has 1 unspecified atom stereocenters. The van der Waals surface area contributed by atoms with Gasteiger partial charge in [-0.1, -0.05) is 262 Å². The van der Waals surface area contributed by atoms with Gasteiger partial charge in [0.15, 0.2) is 6.10 Å². The van der Waals surface area contributed by atoms with Crippen LogP contribution in [0.4, 0.5) is 0 Å². The van der Waals surface area contributed by atoms with E-state index in [4.69, 9.17) is 14.2 Å². The molecule has 0 aromatic heterocycles. The van der Waals surface area contributed by atoms with Gasteiger partial charge in [-0.15, -0.1) is 0 Å². The Morgan fingerprint density at radius 2 is 0.554 bits per heavy atom. The monoisotopic (exact) mass is 1020 g/mol. The van der Waals surface area contributed by atoms with Crippen LogP contribution >= 0.6 is 0 Å². The molecular formula is C68H106O6. The zero-order chi connectivity index (χ0) is 53.6. The lowest BCUT2D eigenvalue weighted by Crippen LogP contribution is -2.30. The molecule has 0 aromatic carbocycles. The van der Waals surface area contributed by atoms with E-state index in [9.17, 15) is 14.4 Å². The summed E-state index contributed by atoms with van der Waals surface area (Å²) < 4.78 is 16.7. The number of esters is 3. The molecule has 0 aliphatic rings. The van der Waals surface area contributed by atoms with Gasteiger partial charge < -0.3 is 14.2 Å². The van der Waals surface area contributed by atoms with Crippen molar-refractivity contribution in [1.29, 1.82) is 0 Å². The molecule has 0 amide bonds. The normalized spacial score (nSPS) is 13.3. The van der Waals surface area contributed by atoms with E-state index in [1.54, 1.807) is 0 Å². The van der Waals surface area contributed by atoms with E-state index in [2.05, 4.69) is 167 Å². The van der Waals surface area contributed by atoms with Gasteiger partial charge in [-0.05, 0) is 109 Å². The summed E-state index contributed by atoms with van der Waals surface area (Å²) in [5.41, 5.74) is 0. The van der Waals surface area contributed by atoms with Crippen LogP contribution in [0.25, 0.3) is 0 Å². The Morgan fingerprint density at radius 3 is 0.892 bits per heavy atom. The topological polar surface area (TPSA) is 78.9 Å². The van der Waals surface area contributed by atoms with Crippen molar-refractivity contribution in [2.75, 3.05) is 13.2 Å². The van der Waals surface area contributed by atoms with Crippen molar-refractivity contribution in [3.05, 3.63) is 158 Å². The number of carbonyl (C=O) groups excluding carboxylic acids is 3. The number of unbranched alkanes of at least 4 members (excludes halogenated alkanes) is 14. The quantitative estimate of drug-likeness (QED) is 0.0261. The summed E-state index contributed by atoms with van der Waals surface area (Å²) in [4.78, 5) is 38.1. The van der Waals surface area contributed by atoms with E-state index in [1.165, 1.54) is 70.6 Å². The van der Waals surface area contributed by atoms with Crippen LogP contribution in [0.15, 0.2) is 158 Å². The lowest BCUT2D eigenvalue weighted by Gasteiger charge is -2.18. The van der Waals surface area contributed by atoms with Gasteiger partial charge in [0, 0.05) is 19.3 Å². The molecule has 0 aliphatic heterocycles. The van der Waals surface area contributed by atoms with E-state index in [0.29, 0.717) is 19.3 Å². The molecule has 0 heterocycles. The Balaban J connectivity index is 4.48. The first-order chi connectivity index (χ1) is 36.5. The number of rotatable bonds is 51. The Bertz CT molecular complexity index is 1690. The molecule has 0 bridgehead atoms. The molecule has 6 nitrogen and oxygen atoms in total. The summed E-state index contributed by atoms with van der Waals surface area (Å²) in [5, 5.41) is 0. The lowest BCUT2D eigenvalue weighted by atomic mass is 10.0. The average molecular weight is 1020 g/mol. The maximum Gasteiger partial charge on any atom is 0.306 e. The van der Waals surface area contributed by atoms with Crippen molar-refractivity contribution >= 4 is 17.9 Å². The minimum absolute atomic E-state index is 0.135. The highest BCUT2D eigenvalue weighted by molar-refractivity contribution is 5.71. The van der Waals surface area contributed by atoms with E-state index in [0.717, 1.165) is 109 Å². The standard InChI is InChI=1S/C68H106O6/c1-4-7-10-13-16-19-22-25-27-28-29-30-31-32-33-34-35-36-37-38-39-40-41-44-46-49-52-55-58-61-67(70)73-64-65(63-72-66(69)60-57-54-51-48-45-42-24-21-18-15-12-9-6-3)74-68(71)62-59-56-53-50-47-43-26-23-20-17-14-11-8-5-2/h7,9-10,12,16,18-19,21,25,27,29-30,32-33,35-36,38-39,41-42,44-45,49,51-52,54,65H,4-6,8,11,13-15,17,20,22-24,26,28,31,34,37,40,43,46-48,50,53,55-64H2,1-3H3/b10-7-,12-9-,19-16-,21-18-,27-25-,30-29-,33-32-,36-35-,39-38-,44-41-,45-42-,52-49-,54-51-. The predicted molar refractivity (Wildman–Crippen MR) is 320 cm³/mol. The molecule has 0 fully saturated rings. The molecule has 74 heavy (non-hydrogen) atoms. The number of hydrogen-bond acceptors (Lipinski definition) is 6. The van der Waals surface area contributed by atoms with Gasteiger partial charge in [0.05, 0.1) is 0 Å². The van der Waals surface area contributed by atoms with E-state index in [-0.39, 0.29) is 44.0 Å². The minimum Gasteiger partial charge on any atom is -0.462 e. The SMILES string of the molecule is CC/C=C\C/C=C\C/C=C\C/C=C\C/C=C\C/C=C\C/C=C\C/C=C\C/C=C\CCCC(=O)OCC(COC(=O)CC/C=C\C/C=C\C/C=C\C/C=C\CC)OC(=O)CCCCCCCCCCCCCCCC. The second kappa shape index (κ2) is 60.6. The fraction of sp³-hybridized carbons (Fsp3) is 0.574. The molecular weight excluding hydrogens is 913 g/mol. The van der Waals surface area contributed by atoms with Crippen LogP contribution in [0.2, 0.25) is 0 Å². The second-order valence-corrected chi connectivity index (χ2v) is 18.8.